The summed E-state index contributed by atoms with van der Waals surface area (Å²) in [5.74, 6) is 0. The van der Waals surface area contributed by atoms with Gasteiger partial charge in [0, 0.05) is 18.6 Å². The third-order valence-electron chi connectivity index (χ3n) is 1.87. The summed E-state index contributed by atoms with van der Waals surface area (Å²) in [6.45, 7) is 0.0881. The van der Waals surface area contributed by atoms with E-state index in [4.69, 9.17) is 5.11 Å². The molecule has 0 unspecified atom stereocenters. The van der Waals surface area contributed by atoms with Crippen LogP contribution in [0, 0.1) is 0 Å². The van der Waals surface area contributed by atoms with Crippen molar-refractivity contribution in [1.82, 2.24) is 9.78 Å². The first-order chi connectivity index (χ1) is 5.79. The van der Waals surface area contributed by atoms with Gasteiger partial charge >= 0.3 is 0 Å². The number of aliphatic hydroxyl groups is 1. The average molecular weight is 162 g/mol. The van der Waals surface area contributed by atoms with Crippen LogP contribution < -0.4 is 0 Å². The molecule has 0 atom stereocenters. The molecular formula is C9H10N2O. The zero-order valence-corrected chi connectivity index (χ0v) is 6.86. The molecule has 0 fully saturated rings. The number of hydrogen-bond donors (Lipinski definition) is 1. The number of fused-ring (bicyclic) bond motifs is 1. The Morgan fingerprint density at radius 2 is 2.33 bits per heavy atom. The first kappa shape index (κ1) is 7.31. The van der Waals surface area contributed by atoms with Gasteiger partial charge in [-0.05, 0) is 17.7 Å². The molecule has 2 rings (SSSR count). The van der Waals surface area contributed by atoms with E-state index in [9.17, 15) is 0 Å². The molecule has 1 aromatic heterocycles. The summed E-state index contributed by atoms with van der Waals surface area (Å²) in [4.78, 5) is 0. The topological polar surface area (TPSA) is 38.0 Å². The van der Waals surface area contributed by atoms with E-state index < -0.39 is 0 Å². The maximum absolute atomic E-state index is 8.88. The van der Waals surface area contributed by atoms with Gasteiger partial charge in [-0.3, -0.25) is 4.68 Å². The molecule has 3 heteroatoms. The highest BCUT2D eigenvalue weighted by Gasteiger charge is 1.98. The molecule has 0 bridgehead atoms. The van der Waals surface area contributed by atoms with Crippen molar-refractivity contribution >= 4 is 10.9 Å². The van der Waals surface area contributed by atoms with E-state index in [1.807, 2.05) is 31.4 Å². The van der Waals surface area contributed by atoms with Gasteiger partial charge < -0.3 is 5.11 Å². The van der Waals surface area contributed by atoms with Crippen LogP contribution in [-0.4, -0.2) is 14.9 Å². The second-order valence-corrected chi connectivity index (χ2v) is 2.85. The Bertz CT molecular complexity index is 406. The lowest BCUT2D eigenvalue weighted by molar-refractivity contribution is 0.282. The Kier molecular flexibility index (Phi) is 1.59. The molecule has 62 valence electrons. The molecule has 2 aromatic rings. The van der Waals surface area contributed by atoms with Gasteiger partial charge in [-0.15, -0.1) is 0 Å². The fraction of sp³-hybridized carbons (Fsp3) is 0.222. The third-order valence-corrected chi connectivity index (χ3v) is 1.87. The van der Waals surface area contributed by atoms with Crippen LogP contribution in [-0.2, 0) is 13.7 Å². The fourth-order valence-electron chi connectivity index (χ4n) is 1.30. The van der Waals surface area contributed by atoms with Crippen LogP contribution in [0.25, 0.3) is 10.9 Å². The van der Waals surface area contributed by atoms with E-state index in [0.29, 0.717) is 0 Å². The monoisotopic (exact) mass is 162 g/mol. The van der Waals surface area contributed by atoms with Gasteiger partial charge in [0.05, 0.1) is 12.1 Å². The molecule has 0 saturated carbocycles. The minimum atomic E-state index is 0.0881. The van der Waals surface area contributed by atoms with Crippen LogP contribution in [0.3, 0.4) is 0 Å². The number of aromatic nitrogens is 2. The molecular weight excluding hydrogens is 152 g/mol. The molecule has 0 amide bonds. The van der Waals surface area contributed by atoms with Crippen molar-refractivity contribution in [2.45, 2.75) is 6.61 Å². The predicted octanol–water partition coefficient (Wildman–Crippen LogP) is 1.07. The van der Waals surface area contributed by atoms with E-state index in [-0.39, 0.29) is 6.61 Å². The SMILES string of the molecule is Cn1cc2cc(CO)ccc2n1. The average Bonchev–Trinajstić information content (AvgIpc) is 2.43. The van der Waals surface area contributed by atoms with E-state index >= 15 is 0 Å². The van der Waals surface area contributed by atoms with Crippen molar-refractivity contribution in [1.29, 1.82) is 0 Å². The highest BCUT2D eigenvalue weighted by molar-refractivity contribution is 5.78. The predicted molar refractivity (Wildman–Crippen MR) is 46.6 cm³/mol. The lowest BCUT2D eigenvalue weighted by Crippen LogP contribution is -1.84. The maximum Gasteiger partial charge on any atom is 0.0923 e. The largest absolute Gasteiger partial charge is 0.392 e. The van der Waals surface area contributed by atoms with E-state index in [1.165, 1.54) is 0 Å². The number of rotatable bonds is 1. The summed E-state index contributed by atoms with van der Waals surface area (Å²) in [7, 11) is 1.89. The third kappa shape index (κ3) is 1.08. The van der Waals surface area contributed by atoms with E-state index in [0.717, 1.165) is 16.5 Å². The maximum atomic E-state index is 8.88. The number of aliphatic hydroxyl groups excluding tert-OH is 1. The molecule has 12 heavy (non-hydrogen) atoms. The van der Waals surface area contributed by atoms with Gasteiger partial charge in [-0.2, -0.15) is 5.10 Å². The van der Waals surface area contributed by atoms with Crippen molar-refractivity contribution in [3.8, 4) is 0 Å². The molecule has 0 saturated heterocycles. The smallest absolute Gasteiger partial charge is 0.0923 e. The highest BCUT2D eigenvalue weighted by Crippen LogP contribution is 2.13. The van der Waals surface area contributed by atoms with Crippen LogP contribution >= 0.6 is 0 Å². The number of nitrogens with zero attached hydrogens (tertiary/aromatic N) is 2. The molecule has 1 heterocycles. The van der Waals surface area contributed by atoms with Crippen molar-refractivity contribution in [2.75, 3.05) is 0 Å². The summed E-state index contributed by atoms with van der Waals surface area (Å²) < 4.78 is 1.77. The first-order valence-corrected chi connectivity index (χ1v) is 3.83. The van der Waals surface area contributed by atoms with Crippen LogP contribution in [0.5, 0.6) is 0 Å². The first-order valence-electron chi connectivity index (χ1n) is 3.83. The quantitative estimate of drug-likeness (QED) is 0.681. The Hall–Kier alpha value is -1.35. The van der Waals surface area contributed by atoms with Crippen LogP contribution in [0.15, 0.2) is 24.4 Å². The molecule has 0 aliphatic carbocycles. The second-order valence-electron chi connectivity index (χ2n) is 2.85. The highest BCUT2D eigenvalue weighted by atomic mass is 16.3. The lowest BCUT2D eigenvalue weighted by Gasteiger charge is -1.92. The Morgan fingerprint density at radius 1 is 1.50 bits per heavy atom. The van der Waals surface area contributed by atoms with Crippen LogP contribution in [0.4, 0.5) is 0 Å². The van der Waals surface area contributed by atoms with Crippen molar-refractivity contribution in [2.24, 2.45) is 7.05 Å². The molecule has 1 N–H and O–H groups in total. The zero-order chi connectivity index (χ0) is 8.55. The molecule has 0 spiro atoms. The number of hydrogen-bond acceptors (Lipinski definition) is 2. The normalized spacial score (nSPS) is 10.8. The Balaban J connectivity index is 2.66. The van der Waals surface area contributed by atoms with Crippen molar-refractivity contribution < 1.29 is 5.11 Å². The van der Waals surface area contributed by atoms with E-state index in [1.54, 1.807) is 4.68 Å². The summed E-state index contributed by atoms with van der Waals surface area (Å²) in [6, 6.07) is 5.75. The summed E-state index contributed by atoms with van der Waals surface area (Å²) in [6.07, 6.45) is 1.94. The van der Waals surface area contributed by atoms with Crippen LogP contribution in [0.1, 0.15) is 5.56 Å². The molecule has 0 aliphatic heterocycles. The van der Waals surface area contributed by atoms with Crippen molar-refractivity contribution in [3.05, 3.63) is 30.0 Å². The molecule has 1 aromatic carbocycles. The minimum Gasteiger partial charge on any atom is -0.392 e. The van der Waals surface area contributed by atoms with Crippen molar-refractivity contribution in [3.63, 3.8) is 0 Å². The summed E-state index contributed by atoms with van der Waals surface area (Å²) >= 11 is 0. The minimum absolute atomic E-state index is 0.0881. The van der Waals surface area contributed by atoms with Gasteiger partial charge in [0.1, 0.15) is 0 Å². The molecule has 0 aliphatic rings. The number of aryl methyl sites for hydroxylation is 1. The van der Waals surface area contributed by atoms with Gasteiger partial charge in [-0.1, -0.05) is 6.07 Å². The van der Waals surface area contributed by atoms with Gasteiger partial charge in [-0.25, -0.2) is 0 Å². The second kappa shape index (κ2) is 2.60. The lowest BCUT2D eigenvalue weighted by atomic mass is 10.2. The Labute approximate surface area is 70.2 Å². The number of benzene rings is 1. The zero-order valence-electron chi connectivity index (χ0n) is 6.86. The van der Waals surface area contributed by atoms with Gasteiger partial charge in [0.15, 0.2) is 0 Å². The fourth-order valence-corrected chi connectivity index (χ4v) is 1.30. The van der Waals surface area contributed by atoms with E-state index in [2.05, 4.69) is 5.10 Å². The van der Waals surface area contributed by atoms with Gasteiger partial charge in [0.25, 0.3) is 0 Å². The molecule has 0 radical (unpaired) electrons. The standard InChI is InChI=1S/C9H10N2O/c1-11-5-8-4-7(6-12)2-3-9(8)10-11/h2-5,12H,6H2,1H3. The van der Waals surface area contributed by atoms with Gasteiger partial charge in [0.2, 0.25) is 0 Å². The van der Waals surface area contributed by atoms with Crippen LogP contribution in [0.2, 0.25) is 0 Å². The molecule has 3 nitrogen and oxygen atoms in total. The summed E-state index contributed by atoms with van der Waals surface area (Å²) in [5, 5.41) is 14.2. The Morgan fingerprint density at radius 3 is 3.08 bits per heavy atom. The summed E-state index contributed by atoms with van der Waals surface area (Å²) in [5.41, 5.74) is 1.89.